The van der Waals surface area contributed by atoms with Crippen molar-refractivity contribution >= 4 is 24.5 Å². The first-order valence-electron chi connectivity index (χ1n) is 10.3. The molecule has 1 heterocycles. The van der Waals surface area contributed by atoms with Crippen LogP contribution in [0.2, 0.25) is 0 Å². The number of halogens is 3. The summed E-state index contributed by atoms with van der Waals surface area (Å²) in [5.74, 6) is -0.297. The number of carbonyl (C=O) groups is 2. The Morgan fingerprint density at radius 3 is 2.36 bits per heavy atom. The van der Waals surface area contributed by atoms with Crippen molar-refractivity contribution in [1.29, 1.82) is 0 Å². The van der Waals surface area contributed by atoms with Gasteiger partial charge in [0.05, 0.1) is 13.1 Å². The summed E-state index contributed by atoms with van der Waals surface area (Å²) in [6.07, 6.45) is -3.62. The molecule has 0 saturated carbocycles. The van der Waals surface area contributed by atoms with Gasteiger partial charge in [0.2, 0.25) is 0 Å². The van der Waals surface area contributed by atoms with Crippen LogP contribution in [0.1, 0.15) is 23.7 Å². The van der Waals surface area contributed by atoms with Gasteiger partial charge < -0.3 is 18.8 Å². The Bertz CT molecular complexity index is 1010. The molecule has 1 aliphatic heterocycles. The fourth-order valence-corrected chi connectivity index (χ4v) is 3.84. The van der Waals surface area contributed by atoms with Gasteiger partial charge in [-0.3, -0.25) is 14.5 Å². The van der Waals surface area contributed by atoms with E-state index in [4.69, 9.17) is 18.8 Å². The molecule has 2 aromatic carbocycles. The summed E-state index contributed by atoms with van der Waals surface area (Å²) in [4.78, 5) is 25.4. The third kappa shape index (κ3) is 5.78. The first kappa shape index (κ1) is 23.0. The summed E-state index contributed by atoms with van der Waals surface area (Å²) >= 11 is 0. The van der Waals surface area contributed by atoms with Gasteiger partial charge in [-0.25, -0.2) is 0 Å². The molecule has 1 aliphatic carbocycles. The first-order valence-corrected chi connectivity index (χ1v) is 10.3. The Kier molecular flexibility index (Phi) is 6.50. The Morgan fingerprint density at radius 2 is 1.73 bits per heavy atom. The van der Waals surface area contributed by atoms with Gasteiger partial charge in [0, 0.05) is 11.0 Å². The van der Waals surface area contributed by atoms with E-state index in [1.165, 1.54) is 11.0 Å². The highest BCUT2D eigenvalue weighted by atomic mass is 19.4. The van der Waals surface area contributed by atoms with Crippen molar-refractivity contribution in [3.8, 4) is 11.5 Å². The number of ether oxygens (including phenoxy) is 2. The number of nitrogens with zero attached hydrogens (tertiary/aromatic N) is 1. The molecule has 0 radical (unpaired) electrons. The molecule has 0 N–H and O–H groups in total. The minimum absolute atomic E-state index is 0.0252. The molecular weight excluding hydrogens is 442 g/mol. The lowest BCUT2D eigenvalue weighted by Crippen LogP contribution is -2.47. The number of carbonyl (C=O) groups excluding carboxylic acids is 2. The summed E-state index contributed by atoms with van der Waals surface area (Å²) in [7, 11) is 0.468. The molecule has 2 aromatic rings. The molecule has 0 bridgehead atoms. The summed E-state index contributed by atoms with van der Waals surface area (Å²) in [6.45, 7) is -1.39. The largest absolute Gasteiger partial charge is 0.636 e. The first-order chi connectivity index (χ1) is 15.7. The molecule has 0 amide bonds. The third-order valence-corrected chi connectivity index (χ3v) is 5.27. The number of hydrogen-bond donors (Lipinski definition) is 0. The molecule has 2 aliphatic rings. The number of alkyl halides is 3. The number of rotatable bonds is 5. The van der Waals surface area contributed by atoms with Gasteiger partial charge in [0.25, 0.3) is 0 Å². The molecule has 1 atom stereocenters. The maximum absolute atomic E-state index is 12.5. The number of fused-ring (bicyclic) bond motifs is 1. The van der Waals surface area contributed by atoms with E-state index in [1.807, 2.05) is 6.07 Å². The molecule has 7 nitrogen and oxygen atoms in total. The average molecular weight is 463 g/mol. The Balaban J connectivity index is 1.43. The van der Waals surface area contributed by atoms with Crippen LogP contribution >= 0.6 is 0 Å². The highest BCUT2D eigenvalue weighted by molar-refractivity contribution is 6.64. The summed E-state index contributed by atoms with van der Waals surface area (Å²) in [6, 6.07) is 11.6. The summed E-state index contributed by atoms with van der Waals surface area (Å²) in [5.41, 5.74) is 1.97. The van der Waals surface area contributed by atoms with Gasteiger partial charge >= 0.3 is 25.2 Å². The van der Waals surface area contributed by atoms with Crippen LogP contribution in [0, 0.1) is 0 Å². The SMILES string of the molecule is CN1CC(=O)OB(c2ccc(OC3CCc4c(OCC(F)(F)F)cccc43)cc2)OC(=O)C1. The van der Waals surface area contributed by atoms with Crippen molar-refractivity contribution in [2.45, 2.75) is 25.1 Å². The zero-order chi connectivity index (χ0) is 23.6. The van der Waals surface area contributed by atoms with Gasteiger partial charge in [-0.2, -0.15) is 13.2 Å². The Hall–Kier alpha value is -3.21. The van der Waals surface area contributed by atoms with E-state index in [2.05, 4.69) is 0 Å². The standard InChI is InChI=1S/C22H21BF3NO6/c1-27-11-20(28)32-23(33-21(29)12-27)14-5-7-15(8-6-14)31-19-10-9-17-16(19)3-2-4-18(17)30-13-22(24,25)26/h2-8,19H,9-13H2,1H3. The minimum atomic E-state index is -4.41. The second-order valence-corrected chi connectivity index (χ2v) is 7.93. The van der Waals surface area contributed by atoms with Crippen LogP contribution in [0.4, 0.5) is 13.2 Å². The highest BCUT2D eigenvalue weighted by Crippen LogP contribution is 2.39. The van der Waals surface area contributed by atoms with Crippen molar-refractivity contribution in [2.24, 2.45) is 0 Å². The van der Waals surface area contributed by atoms with E-state index >= 15 is 0 Å². The van der Waals surface area contributed by atoms with Gasteiger partial charge in [-0.1, -0.05) is 24.3 Å². The molecule has 0 aromatic heterocycles. The second kappa shape index (κ2) is 9.34. The van der Waals surface area contributed by atoms with Crippen LogP contribution in [-0.2, 0) is 25.3 Å². The lowest BCUT2D eigenvalue weighted by atomic mass is 9.78. The van der Waals surface area contributed by atoms with Gasteiger partial charge in [0.15, 0.2) is 6.61 Å². The predicted molar refractivity (Wildman–Crippen MR) is 111 cm³/mol. The molecule has 1 unspecified atom stereocenters. The fraction of sp³-hybridized carbons (Fsp3) is 0.364. The maximum Gasteiger partial charge on any atom is 0.636 e. The molecular formula is C22H21BF3NO6. The van der Waals surface area contributed by atoms with Crippen molar-refractivity contribution in [3.05, 3.63) is 53.6 Å². The van der Waals surface area contributed by atoms with Crippen LogP contribution in [0.3, 0.4) is 0 Å². The van der Waals surface area contributed by atoms with E-state index in [0.29, 0.717) is 29.6 Å². The van der Waals surface area contributed by atoms with E-state index in [9.17, 15) is 22.8 Å². The van der Waals surface area contributed by atoms with Gasteiger partial charge in [-0.05, 0) is 43.7 Å². The molecule has 174 valence electrons. The summed E-state index contributed by atoms with van der Waals surface area (Å²) < 4.78 is 59.1. The molecule has 33 heavy (non-hydrogen) atoms. The van der Waals surface area contributed by atoms with Crippen molar-refractivity contribution in [2.75, 3.05) is 26.7 Å². The molecule has 4 rings (SSSR count). The Morgan fingerprint density at radius 1 is 1.06 bits per heavy atom. The van der Waals surface area contributed by atoms with Crippen LogP contribution < -0.4 is 14.9 Å². The number of likely N-dealkylation sites (N-methyl/N-ethyl adjacent to an activating group) is 1. The fourth-order valence-electron chi connectivity index (χ4n) is 3.84. The van der Waals surface area contributed by atoms with Crippen LogP contribution in [0.5, 0.6) is 11.5 Å². The van der Waals surface area contributed by atoms with Crippen molar-refractivity contribution in [1.82, 2.24) is 4.90 Å². The van der Waals surface area contributed by atoms with E-state index in [1.54, 1.807) is 37.4 Å². The predicted octanol–water partition coefficient (Wildman–Crippen LogP) is 2.42. The van der Waals surface area contributed by atoms with Gasteiger partial charge in [0.1, 0.15) is 17.6 Å². The maximum atomic E-state index is 12.5. The van der Waals surface area contributed by atoms with Crippen LogP contribution in [0.25, 0.3) is 0 Å². The van der Waals surface area contributed by atoms with Crippen LogP contribution in [-0.4, -0.2) is 56.9 Å². The smallest absolute Gasteiger partial charge is 0.494 e. The van der Waals surface area contributed by atoms with Crippen molar-refractivity contribution in [3.63, 3.8) is 0 Å². The number of benzene rings is 2. The normalized spacial score (nSPS) is 19.3. The molecule has 0 spiro atoms. The minimum Gasteiger partial charge on any atom is -0.494 e. The van der Waals surface area contributed by atoms with E-state index in [-0.39, 0.29) is 24.9 Å². The van der Waals surface area contributed by atoms with Gasteiger partial charge in [-0.15, -0.1) is 0 Å². The molecule has 1 saturated heterocycles. The lowest BCUT2D eigenvalue weighted by Gasteiger charge is -2.22. The zero-order valence-corrected chi connectivity index (χ0v) is 17.8. The quantitative estimate of drug-likeness (QED) is 0.631. The van der Waals surface area contributed by atoms with E-state index < -0.39 is 31.8 Å². The summed E-state index contributed by atoms with van der Waals surface area (Å²) in [5, 5.41) is 0. The number of hydrogen-bond acceptors (Lipinski definition) is 7. The Labute approximate surface area is 188 Å². The topological polar surface area (TPSA) is 74.3 Å². The monoisotopic (exact) mass is 463 g/mol. The second-order valence-electron chi connectivity index (χ2n) is 7.93. The lowest BCUT2D eigenvalue weighted by molar-refractivity contribution is -0.153. The molecule has 11 heteroatoms. The van der Waals surface area contributed by atoms with E-state index in [0.717, 1.165) is 5.56 Å². The van der Waals surface area contributed by atoms with Crippen molar-refractivity contribution < 1.29 is 41.5 Å². The highest BCUT2D eigenvalue weighted by Gasteiger charge is 2.34. The average Bonchev–Trinajstić information content (AvgIpc) is 3.14. The zero-order valence-electron chi connectivity index (χ0n) is 17.8. The third-order valence-electron chi connectivity index (χ3n) is 5.27. The molecule has 1 fully saturated rings. The van der Waals surface area contributed by atoms with Crippen LogP contribution in [0.15, 0.2) is 42.5 Å².